The molecule has 25 heavy (non-hydrogen) atoms. The second-order valence-electron chi connectivity index (χ2n) is 5.78. The van der Waals surface area contributed by atoms with Crippen LogP contribution in [-0.2, 0) is 4.74 Å². The Bertz CT molecular complexity index is 420. The van der Waals surface area contributed by atoms with E-state index in [0.717, 1.165) is 30.8 Å². The smallest absolute Gasteiger partial charge is 0.126 e. The normalized spacial score (nSPS) is 9.88. The van der Waals surface area contributed by atoms with E-state index in [1.54, 1.807) is 14.2 Å². The highest BCUT2D eigenvalue weighted by Crippen LogP contribution is 2.24. The zero-order chi connectivity index (χ0) is 20.3. The van der Waals surface area contributed by atoms with Crippen molar-refractivity contribution in [3.8, 4) is 5.75 Å². The maximum Gasteiger partial charge on any atom is 0.126 e. The van der Waals surface area contributed by atoms with Crippen LogP contribution in [0.5, 0.6) is 5.75 Å². The molecule has 0 aliphatic rings. The van der Waals surface area contributed by atoms with Crippen molar-refractivity contribution in [1.29, 1.82) is 0 Å². The Labute approximate surface area is 158 Å². The first-order valence-electron chi connectivity index (χ1n) is 9.78. The predicted octanol–water partition coefficient (Wildman–Crippen LogP) is 7.55. The minimum absolute atomic E-state index is 0.232. The molecule has 1 aromatic carbocycles. The number of aryl methyl sites for hydroxylation is 1. The van der Waals surface area contributed by atoms with Gasteiger partial charge in [0.2, 0.25) is 0 Å². The maximum absolute atomic E-state index is 5.37. The van der Waals surface area contributed by atoms with Crippen molar-refractivity contribution in [3.63, 3.8) is 0 Å². The molecule has 0 radical (unpaired) electrons. The highest BCUT2D eigenvalue weighted by molar-refractivity contribution is 5.58. The Kier molecular flexibility index (Phi) is 21.7. The summed E-state index contributed by atoms with van der Waals surface area (Å²) in [6.45, 7) is 19.4. The molecule has 0 spiro atoms. The zero-order valence-electron chi connectivity index (χ0n) is 18.8. The second kappa shape index (κ2) is 19.1. The highest BCUT2D eigenvalue weighted by Gasteiger charge is 2.15. The molecule has 0 unspecified atom stereocenters. The number of hydrogen-bond acceptors (Lipinski definition) is 2. The first-order valence-corrected chi connectivity index (χ1v) is 9.78. The molecule has 0 N–H and O–H groups in total. The Morgan fingerprint density at radius 2 is 1.52 bits per heavy atom. The molecule has 0 heterocycles. The van der Waals surface area contributed by atoms with Crippen molar-refractivity contribution in [3.05, 3.63) is 35.4 Å². The van der Waals surface area contributed by atoms with Gasteiger partial charge in [-0.3, -0.25) is 0 Å². The standard InChI is InChI=1S/C17H26O2.3C2H6/c1-14-9-10-16(19-5)15(12-14)8-6-7-11-17(2,3)13-18-4;3*1-2/h6,8-10,12H,7,11,13H2,1-5H3;3*1-2H3/b8-6+;;;. The van der Waals surface area contributed by atoms with Gasteiger partial charge >= 0.3 is 0 Å². The molecule has 0 atom stereocenters. The molecule has 148 valence electrons. The first kappa shape index (κ1) is 28.5. The number of hydrogen-bond donors (Lipinski definition) is 0. The van der Waals surface area contributed by atoms with Crippen LogP contribution in [0.4, 0.5) is 0 Å². The summed E-state index contributed by atoms with van der Waals surface area (Å²) in [7, 11) is 3.47. The lowest BCUT2D eigenvalue weighted by atomic mass is 9.89. The lowest BCUT2D eigenvalue weighted by Gasteiger charge is -2.22. The van der Waals surface area contributed by atoms with Crippen LogP contribution in [0.15, 0.2) is 24.3 Å². The van der Waals surface area contributed by atoms with Gasteiger partial charge in [-0.2, -0.15) is 0 Å². The second-order valence-corrected chi connectivity index (χ2v) is 5.78. The van der Waals surface area contributed by atoms with E-state index in [0.29, 0.717) is 0 Å². The largest absolute Gasteiger partial charge is 0.496 e. The quantitative estimate of drug-likeness (QED) is 0.504. The summed E-state index contributed by atoms with van der Waals surface area (Å²) in [6.07, 6.45) is 6.53. The van der Waals surface area contributed by atoms with Crippen molar-refractivity contribution < 1.29 is 9.47 Å². The van der Waals surface area contributed by atoms with E-state index in [1.807, 2.05) is 47.6 Å². The van der Waals surface area contributed by atoms with Crippen LogP contribution in [-0.4, -0.2) is 20.8 Å². The van der Waals surface area contributed by atoms with Gasteiger partial charge in [-0.25, -0.2) is 0 Å². The molecule has 0 aromatic heterocycles. The Balaban J connectivity index is -0.000000725. The van der Waals surface area contributed by atoms with Crippen molar-refractivity contribution >= 4 is 6.08 Å². The van der Waals surface area contributed by atoms with Crippen LogP contribution in [0, 0.1) is 12.3 Å². The van der Waals surface area contributed by atoms with Gasteiger partial charge in [0.25, 0.3) is 0 Å². The zero-order valence-corrected chi connectivity index (χ0v) is 18.8. The molecular formula is C23H44O2. The van der Waals surface area contributed by atoms with Crippen molar-refractivity contribution in [2.45, 2.75) is 75.2 Å². The molecule has 0 saturated heterocycles. The molecule has 0 aliphatic heterocycles. The van der Waals surface area contributed by atoms with Crippen LogP contribution in [0.2, 0.25) is 0 Å². The van der Waals surface area contributed by atoms with Crippen molar-refractivity contribution in [2.24, 2.45) is 5.41 Å². The summed E-state index contributed by atoms with van der Waals surface area (Å²) in [4.78, 5) is 0. The van der Waals surface area contributed by atoms with Crippen LogP contribution in [0.25, 0.3) is 6.08 Å². The Morgan fingerprint density at radius 1 is 0.960 bits per heavy atom. The SMILES string of the molecule is CC.CC.CC.COCC(C)(C)CC/C=C/c1cc(C)ccc1OC. The van der Waals surface area contributed by atoms with Gasteiger partial charge in [-0.05, 0) is 37.3 Å². The fraction of sp³-hybridized carbons (Fsp3) is 0.652. The van der Waals surface area contributed by atoms with Crippen molar-refractivity contribution in [2.75, 3.05) is 20.8 Å². The fourth-order valence-corrected chi connectivity index (χ4v) is 2.13. The monoisotopic (exact) mass is 352 g/mol. The van der Waals surface area contributed by atoms with E-state index in [-0.39, 0.29) is 5.41 Å². The first-order chi connectivity index (χ1) is 12.0. The summed E-state index contributed by atoms with van der Waals surface area (Å²) in [5, 5.41) is 0. The van der Waals surface area contributed by atoms with Gasteiger partial charge in [0, 0.05) is 12.7 Å². The average molecular weight is 353 g/mol. The molecule has 1 rings (SSSR count). The topological polar surface area (TPSA) is 18.5 Å². The van der Waals surface area contributed by atoms with Gasteiger partial charge in [-0.1, -0.05) is 79.2 Å². The van der Waals surface area contributed by atoms with Crippen molar-refractivity contribution in [1.82, 2.24) is 0 Å². The summed E-state index contributed by atoms with van der Waals surface area (Å²) >= 11 is 0. The molecule has 0 aliphatic carbocycles. The van der Waals surface area contributed by atoms with E-state index in [4.69, 9.17) is 9.47 Å². The number of benzene rings is 1. The Morgan fingerprint density at radius 3 is 2.00 bits per heavy atom. The summed E-state index contributed by atoms with van der Waals surface area (Å²) < 4.78 is 10.6. The van der Waals surface area contributed by atoms with E-state index in [1.165, 1.54) is 5.56 Å². The number of allylic oxidation sites excluding steroid dienone is 1. The van der Waals surface area contributed by atoms with Gasteiger partial charge in [0.1, 0.15) is 5.75 Å². The third-order valence-electron chi connectivity index (χ3n) is 3.21. The van der Waals surface area contributed by atoms with E-state index >= 15 is 0 Å². The van der Waals surface area contributed by atoms with Crippen LogP contribution in [0.3, 0.4) is 0 Å². The van der Waals surface area contributed by atoms with Crippen LogP contribution >= 0.6 is 0 Å². The molecule has 0 bridgehead atoms. The summed E-state index contributed by atoms with van der Waals surface area (Å²) in [6, 6.07) is 6.23. The molecule has 0 amide bonds. The van der Waals surface area contributed by atoms with E-state index in [9.17, 15) is 0 Å². The average Bonchev–Trinajstić information content (AvgIpc) is 2.64. The molecular weight excluding hydrogens is 308 g/mol. The molecule has 0 saturated carbocycles. The Hall–Kier alpha value is -1.28. The minimum Gasteiger partial charge on any atom is -0.496 e. The molecule has 2 nitrogen and oxygen atoms in total. The number of rotatable bonds is 7. The van der Waals surface area contributed by atoms with Gasteiger partial charge < -0.3 is 9.47 Å². The minimum atomic E-state index is 0.232. The van der Waals surface area contributed by atoms with E-state index in [2.05, 4.69) is 45.1 Å². The third-order valence-corrected chi connectivity index (χ3v) is 3.21. The maximum atomic E-state index is 5.37. The van der Waals surface area contributed by atoms with Gasteiger partial charge in [0.15, 0.2) is 0 Å². The number of ether oxygens (including phenoxy) is 2. The van der Waals surface area contributed by atoms with Crippen LogP contribution in [0.1, 0.15) is 79.4 Å². The summed E-state index contributed by atoms with van der Waals surface area (Å²) in [5.41, 5.74) is 2.63. The van der Waals surface area contributed by atoms with E-state index < -0.39 is 0 Å². The molecule has 1 aromatic rings. The summed E-state index contributed by atoms with van der Waals surface area (Å²) in [5.74, 6) is 0.929. The van der Waals surface area contributed by atoms with Gasteiger partial charge in [-0.15, -0.1) is 0 Å². The fourth-order valence-electron chi connectivity index (χ4n) is 2.13. The number of methoxy groups -OCH3 is 2. The third kappa shape index (κ3) is 14.7. The van der Waals surface area contributed by atoms with Gasteiger partial charge in [0.05, 0.1) is 13.7 Å². The predicted molar refractivity (Wildman–Crippen MR) is 116 cm³/mol. The lowest BCUT2D eigenvalue weighted by Crippen LogP contribution is -2.17. The van der Waals surface area contributed by atoms with Crippen LogP contribution < -0.4 is 4.74 Å². The highest BCUT2D eigenvalue weighted by atomic mass is 16.5. The molecule has 0 fully saturated rings. The molecule has 2 heteroatoms. The lowest BCUT2D eigenvalue weighted by molar-refractivity contribution is 0.0990.